The molecule has 3 aromatic heterocycles. The minimum Gasteiger partial charge on any atom is -0.302 e. The predicted octanol–water partition coefficient (Wildman–Crippen LogP) is 4.67. The molecule has 0 saturated carbocycles. The number of nitrogens with one attached hydrogen (secondary N) is 1. The molecule has 6 nitrogen and oxygen atoms in total. The first kappa shape index (κ1) is 19.1. The number of carbonyl (C=O) groups excluding carboxylic acids is 1. The molecule has 3 heterocycles. The van der Waals surface area contributed by atoms with E-state index in [2.05, 4.69) is 38.5 Å². The van der Waals surface area contributed by atoms with Crippen molar-refractivity contribution in [3.8, 4) is 11.3 Å². The molecule has 0 aliphatic heterocycles. The van der Waals surface area contributed by atoms with E-state index in [1.807, 2.05) is 36.8 Å². The molecular weight excluding hydrogens is 382 g/mol. The van der Waals surface area contributed by atoms with Crippen LogP contribution in [0.25, 0.3) is 21.5 Å². The maximum atomic E-state index is 11.2. The zero-order valence-electron chi connectivity index (χ0n) is 16.1. The van der Waals surface area contributed by atoms with E-state index < -0.39 is 0 Å². The second kappa shape index (κ2) is 8.87. The summed E-state index contributed by atoms with van der Waals surface area (Å²) in [7, 11) is 0. The first-order valence-corrected chi connectivity index (χ1v) is 10.4. The van der Waals surface area contributed by atoms with E-state index in [0.29, 0.717) is 5.13 Å². The summed E-state index contributed by atoms with van der Waals surface area (Å²) in [6, 6.07) is 12.1. The van der Waals surface area contributed by atoms with Crippen molar-refractivity contribution in [2.75, 3.05) is 5.32 Å². The molecule has 0 radical (unpaired) electrons. The number of amides is 1. The number of fused-ring (bicyclic) bond motifs is 1. The van der Waals surface area contributed by atoms with Crippen LogP contribution in [0.15, 0.2) is 55.0 Å². The number of rotatable bonds is 7. The highest BCUT2D eigenvalue weighted by Gasteiger charge is 2.08. The fraction of sp³-hybridized carbons (Fsp3) is 0.227. The molecule has 146 valence electrons. The minimum absolute atomic E-state index is 0.117. The number of aromatic nitrogens is 4. The summed E-state index contributed by atoms with van der Waals surface area (Å²) in [5, 5.41) is 3.36. The maximum absolute atomic E-state index is 11.2. The van der Waals surface area contributed by atoms with Crippen LogP contribution in [0.3, 0.4) is 0 Å². The van der Waals surface area contributed by atoms with Crippen LogP contribution >= 0.6 is 11.3 Å². The third-order valence-corrected chi connectivity index (χ3v) is 5.47. The fourth-order valence-electron chi connectivity index (χ4n) is 3.13. The standard InChI is InChI=1S/C22H21N5OS/c1-15(28)25-22-27-19-7-6-17(14-20(19)29-22)18-10-13-24-21(26-18)5-3-2-4-16-8-11-23-12-9-16/h6-14H,2-5H2,1H3,(H,25,27,28). The lowest BCUT2D eigenvalue weighted by Gasteiger charge is -2.05. The van der Waals surface area contributed by atoms with Crippen LogP contribution in [0.5, 0.6) is 0 Å². The van der Waals surface area contributed by atoms with Crippen LogP contribution in [0, 0.1) is 0 Å². The molecule has 29 heavy (non-hydrogen) atoms. The van der Waals surface area contributed by atoms with E-state index in [1.165, 1.54) is 23.8 Å². The lowest BCUT2D eigenvalue weighted by atomic mass is 10.1. The van der Waals surface area contributed by atoms with Gasteiger partial charge in [-0.3, -0.25) is 9.78 Å². The Morgan fingerprint density at radius 3 is 2.66 bits per heavy atom. The number of nitrogens with zero attached hydrogens (tertiary/aromatic N) is 4. The molecule has 0 fully saturated rings. The zero-order chi connectivity index (χ0) is 20.1. The highest BCUT2D eigenvalue weighted by molar-refractivity contribution is 7.22. The number of anilines is 1. The van der Waals surface area contributed by atoms with Crippen molar-refractivity contribution >= 4 is 32.6 Å². The maximum Gasteiger partial charge on any atom is 0.223 e. The number of unbranched alkanes of at least 4 members (excludes halogenated alkanes) is 1. The Kier molecular flexibility index (Phi) is 5.86. The van der Waals surface area contributed by atoms with E-state index in [9.17, 15) is 4.79 Å². The van der Waals surface area contributed by atoms with Gasteiger partial charge in [-0.2, -0.15) is 0 Å². The molecule has 0 aliphatic carbocycles. The van der Waals surface area contributed by atoms with E-state index in [1.54, 1.807) is 0 Å². The van der Waals surface area contributed by atoms with Crippen molar-refractivity contribution in [2.24, 2.45) is 0 Å². The van der Waals surface area contributed by atoms with Gasteiger partial charge in [-0.15, -0.1) is 0 Å². The first-order valence-electron chi connectivity index (χ1n) is 9.57. The summed E-state index contributed by atoms with van der Waals surface area (Å²) in [6.45, 7) is 1.48. The largest absolute Gasteiger partial charge is 0.302 e. The average molecular weight is 404 g/mol. The van der Waals surface area contributed by atoms with Gasteiger partial charge < -0.3 is 5.32 Å². The number of hydrogen-bond donors (Lipinski definition) is 1. The molecule has 0 spiro atoms. The quantitative estimate of drug-likeness (QED) is 0.454. The van der Waals surface area contributed by atoms with Crippen LogP contribution in [0.2, 0.25) is 0 Å². The van der Waals surface area contributed by atoms with E-state index in [4.69, 9.17) is 4.98 Å². The van der Waals surface area contributed by atoms with Crippen LogP contribution in [-0.4, -0.2) is 25.8 Å². The minimum atomic E-state index is -0.117. The summed E-state index contributed by atoms with van der Waals surface area (Å²) in [5.41, 5.74) is 4.11. The molecule has 0 aliphatic rings. The monoisotopic (exact) mass is 403 g/mol. The smallest absolute Gasteiger partial charge is 0.223 e. The third-order valence-electron chi connectivity index (χ3n) is 4.54. The lowest BCUT2D eigenvalue weighted by molar-refractivity contribution is -0.114. The molecule has 0 saturated heterocycles. The van der Waals surface area contributed by atoms with Gasteiger partial charge in [0.1, 0.15) is 5.82 Å². The summed E-state index contributed by atoms with van der Waals surface area (Å²) in [4.78, 5) is 28.9. The third kappa shape index (κ3) is 5.00. The number of benzene rings is 1. The predicted molar refractivity (Wildman–Crippen MR) is 116 cm³/mol. The van der Waals surface area contributed by atoms with Gasteiger partial charge in [-0.25, -0.2) is 15.0 Å². The average Bonchev–Trinajstić information content (AvgIpc) is 3.13. The van der Waals surface area contributed by atoms with Crippen LogP contribution in [-0.2, 0) is 17.6 Å². The highest BCUT2D eigenvalue weighted by Crippen LogP contribution is 2.30. The number of thiazole rings is 1. The molecule has 7 heteroatoms. The number of aryl methyl sites for hydroxylation is 2. The normalized spacial score (nSPS) is 10.9. The Bertz CT molecular complexity index is 1130. The number of pyridine rings is 1. The summed E-state index contributed by atoms with van der Waals surface area (Å²) >= 11 is 1.46. The van der Waals surface area contributed by atoms with Crippen molar-refractivity contribution in [1.82, 2.24) is 19.9 Å². The van der Waals surface area contributed by atoms with Gasteiger partial charge >= 0.3 is 0 Å². The van der Waals surface area contributed by atoms with Crippen LogP contribution in [0.1, 0.15) is 31.2 Å². The second-order valence-corrected chi connectivity index (χ2v) is 7.83. The Labute approximate surface area is 173 Å². The van der Waals surface area contributed by atoms with E-state index in [-0.39, 0.29) is 5.91 Å². The summed E-state index contributed by atoms with van der Waals surface area (Å²) in [6.07, 6.45) is 9.52. The van der Waals surface area contributed by atoms with Gasteiger partial charge in [0.25, 0.3) is 0 Å². The van der Waals surface area contributed by atoms with E-state index >= 15 is 0 Å². The van der Waals surface area contributed by atoms with Crippen molar-refractivity contribution in [1.29, 1.82) is 0 Å². The second-order valence-electron chi connectivity index (χ2n) is 6.80. The van der Waals surface area contributed by atoms with Crippen molar-refractivity contribution < 1.29 is 4.79 Å². The SMILES string of the molecule is CC(=O)Nc1nc2ccc(-c3ccnc(CCCCc4ccncc4)n3)cc2s1. The van der Waals surface area contributed by atoms with Gasteiger partial charge in [-0.1, -0.05) is 17.4 Å². The van der Waals surface area contributed by atoms with Gasteiger partial charge in [0.05, 0.1) is 15.9 Å². The molecule has 0 atom stereocenters. The molecule has 1 amide bonds. The molecule has 1 N–H and O–H groups in total. The highest BCUT2D eigenvalue weighted by atomic mass is 32.1. The molecule has 1 aromatic carbocycles. The number of hydrogen-bond acceptors (Lipinski definition) is 6. The molecular formula is C22H21N5OS. The van der Waals surface area contributed by atoms with Crippen LogP contribution < -0.4 is 5.32 Å². The molecule has 4 aromatic rings. The Morgan fingerprint density at radius 2 is 1.83 bits per heavy atom. The van der Waals surface area contributed by atoms with Gasteiger partial charge in [0.2, 0.25) is 5.91 Å². The fourth-order valence-corrected chi connectivity index (χ4v) is 4.08. The molecule has 0 unspecified atom stereocenters. The van der Waals surface area contributed by atoms with Gasteiger partial charge in [-0.05, 0) is 55.2 Å². The van der Waals surface area contributed by atoms with Crippen LogP contribution in [0.4, 0.5) is 5.13 Å². The zero-order valence-corrected chi connectivity index (χ0v) is 16.9. The van der Waals surface area contributed by atoms with Crippen molar-refractivity contribution in [2.45, 2.75) is 32.6 Å². The van der Waals surface area contributed by atoms with Gasteiger partial charge in [0, 0.05) is 37.5 Å². The van der Waals surface area contributed by atoms with E-state index in [0.717, 1.165) is 53.0 Å². The summed E-state index contributed by atoms with van der Waals surface area (Å²) < 4.78 is 1.02. The summed E-state index contributed by atoms with van der Waals surface area (Å²) in [5.74, 6) is 0.745. The Morgan fingerprint density at radius 1 is 1.00 bits per heavy atom. The number of carbonyl (C=O) groups is 1. The molecule has 0 bridgehead atoms. The van der Waals surface area contributed by atoms with Crippen molar-refractivity contribution in [3.63, 3.8) is 0 Å². The topological polar surface area (TPSA) is 80.7 Å². The lowest BCUT2D eigenvalue weighted by Crippen LogP contribution is -2.04. The molecule has 4 rings (SSSR count). The van der Waals surface area contributed by atoms with Crippen molar-refractivity contribution in [3.05, 3.63) is 66.4 Å². The van der Waals surface area contributed by atoms with Gasteiger partial charge in [0.15, 0.2) is 5.13 Å². The Hall–Kier alpha value is -3.19. The Balaban J connectivity index is 1.43. The first-order chi connectivity index (χ1) is 14.2.